The van der Waals surface area contributed by atoms with E-state index in [1.54, 1.807) is 44.4 Å². The maximum absolute atomic E-state index is 12.6. The molecule has 3 rings (SSSR count). The Bertz CT molecular complexity index is 958. The summed E-state index contributed by atoms with van der Waals surface area (Å²) >= 11 is 2.14. The molecule has 0 atom stereocenters. The van der Waals surface area contributed by atoms with Crippen molar-refractivity contribution >= 4 is 28.5 Å². The summed E-state index contributed by atoms with van der Waals surface area (Å²) in [5, 5.41) is 4.00. The minimum absolute atomic E-state index is 0.106. The summed E-state index contributed by atoms with van der Waals surface area (Å²) in [5.74, 6) is 1.86. The van der Waals surface area contributed by atoms with Gasteiger partial charge in [0.05, 0.1) is 26.3 Å². The first kappa shape index (κ1) is 19.2. The third-order valence-electron chi connectivity index (χ3n) is 3.93. The van der Waals surface area contributed by atoms with Gasteiger partial charge in [-0.25, -0.2) is 0 Å². The number of halogens is 1. The normalized spacial score (nSPS) is 10.5. The van der Waals surface area contributed by atoms with Gasteiger partial charge < -0.3 is 18.9 Å². The maximum atomic E-state index is 12.6. The van der Waals surface area contributed by atoms with Crippen molar-refractivity contribution in [3.05, 3.63) is 57.5 Å². The highest BCUT2D eigenvalue weighted by Crippen LogP contribution is 2.31. The van der Waals surface area contributed by atoms with Gasteiger partial charge in [-0.2, -0.15) is 4.98 Å². The minimum atomic E-state index is -0.106. The van der Waals surface area contributed by atoms with Crippen LogP contribution in [0.1, 0.15) is 16.2 Å². The molecule has 0 saturated carbocycles. The first-order chi connectivity index (χ1) is 13.0. The van der Waals surface area contributed by atoms with E-state index in [1.807, 2.05) is 24.3 Å². The number of ether oxygens (including phenoxy) is 2. The van der Waals surface area contributed by atoms with Gasteiger partial charge in [-0.3, -0.25) is 4.79 Å². The molecule has 0 unspecified atom stereocenters. The summed E-state index contributed by atoms with van der Waals surface area (Å²) in [6, 6.07) is 12.8. The van der Waals surface area contributed by atoms with E-state index in [9.17, 15) is 4.79 Å². The zero-order valence-corrected chi connectivity index (χ0v) is 17.3. The monoisotopic (exact) mass is 479 g/mol. The topological polar surface area (TPSA) is 77.7 Å². The number of amides is 1. The number of carbonyl (C=O) groups excluding carboxylic acids is 1. The van der Waals surface area contributed by atoms with E-state index in [-0.39, 0.29) is 12.5 Å². The molecular formula is C19H18IN3O4. The Morgan fingerprint density at radius 2 is 1.89 bits per heavy atom. The maximum Gasteiger partial charge on any atom is 0.255 e. The molecule has 3 aromatic rings. The standard InChI is InChI=1S/C19H18IN3O4/c1-23(19(24)13-6-4-5-7-14(13)20)11-17-21-18(22-27-17)12-8-9-15(25-2)16(10-12)26-3/h4-10H,11H2,1-3H3. The first-order valence-corrected chi connectivity index (χ1v) is 9.16. The van der Waals surface area contributed by atoms with Crippen molar-refractivity contribution in [1.82, 2.24) is 15.0 Å². The van der Waals surface area contributed by atoms with Crippen LogP contribution >= 0.6 is 22.6 Å². The molecule has 0 aliphatic carbocycles. The molecule has 1 aromatic heterocycles. The van der Waals surface area contributed by atoms with Gasteiger partial charge >= 0.3 is 0 Å². The fraction of sp³-hybridized carbons (Fsp3) is 0.211. The summed E-state index contributed by atoms with van der Waals surface area (Å²) in [4.78, 5) is 18.5. The molecule has 1 heterocycles. The molecule has 2 aromatic carbocycles. The Balaban J connectivity index is 1.76. The van der Waals surface area contributed by atoms with Crippen LogP contribution in [0.25, 0.3) is 11.4 Å². The van der Waals surface area contributed by atoms with Crippen LogP contribution in [0.2, 0.25) is 0 Å². The van der Waals surface area contributed by atoms with E-state index in [0.717, 1.165) is 9.13 Å². The molecule has 0 fully saturated rings. The molecule has 0 saturated heterocycles. The molecule has 0 N–H and O–H groups in total. The summed E-state index contributed by atoms with van der Waals surface area (Å²) < 4.78 is 16.7. The lowest BCUT2D eigenvalue weighted by Gasteiger charge is -2.15. The largest absolute Gasteiger partial charge is 0.493 e. The molecule has 0 aliphatic rings. The molecule has 0 bridgehead atoms. The zero-order chi connectivity index (χ0) is 19.4. The van der Waals surface area contributed by atoms with Crippen molar-refractivity contribution in [3.63, 3.8) is 0 Å². The number of rotatable bonds is 6. The third-order valence-corrected chi connectivity index (χ3v) is 4.87. The van der Waals surface area contributed by atoms with Gasteiger partial charge in [-0.05, 0) is 52.9 Å². The van der Waals surface area contributed by atoms with Crippen LogP contribution in [0.5, 0.6) is 11.5 Å². The summed E-state index contributed by atoms with van der Waals surface area (Å²) in [5.41, 5.74) is 1.37. The molecule has 0 aliphatic heterocycles. The van der Waals surface area contributed by atoms with Crippen molar-refractivity contribution in [1.29, 1.82) is 0 Å². The number of methoxy groups -OCH3 is 2. The SMILES string of the molecule is COc1ccc(-c2noc(CN(C)C(=O)c3ccccc3I)n2)cc1OC. The molecule has 7 nitrogen and oxygen atoms in total. The number of hydrogen-bond donors (Lipinski definition) is 0. The van der Waals surface area contributed by atoms with Gasteiger partial charge in [0.2, 0.25) is 11.7 Å². The fourth-order valence-corrected chi connectivity index (χ4v) is 3.14. The highest BCUT2D eigenvalue weighted by molar-refractivity contribution is 14.1. The van der Waals surface area contributed by atoms with Gasteiger partial charge in [0.25, 0.3) is 5.91 Å². The Labute approximate surface area is 170 Å². The lowest BCUT2D eigenvalue weighted by atomic mass is 10.2. The third kappa shape index (κ3) is 4.21. The molecular weight excluding hydrogens is 461 g/mol. The predicted octanol–water partition coefficient (Wildman–Crippen LogP) is 3.63. The Hall–Kier alpha value is -2.62. The van der Waals surface area contributed by atoms with E-state index in [0.29, 0.717) is 28.8 Å². The average molecular weight is 479 g/mol. The summed E-state index contributed by atoms with van der Waals surface area (Å²) in [6.45, 7) is 0.212. The van der Waals surface area contributed by atoms with Crippen LogP contribution < -0.4 is 9.47 Å². The van der Waals surface area contributed by atoms with Crippen LogP contribution in [0, 0.1) is 3.57 Å². The van der Waals surface area contributed by atoms with Crippen molar-refractivity contribution in [2.45, 2.75) is 6.54 Å². The Morgan fingerprint density at radius 1 is 1.15 bits per heavy atom. The molecule has 0 spiro atoms. The lowest BCUT2D eigenvalue weighted by molar-refractivity contribution is 0.0768. The quantitative estimate of drug-likeness (QED) is 0.503. The van der Waals surface area contributed by atoms with Gasteiger partial charge in [0.1, 0.15) is 0 Å². The summed E-state index contributed by atoms with van der Waals surface area (Å²) in [7, 11) is 4.84. The molecule has 140 valence electrons. The fourth-order valence-electron chi connectivity index (χ4n) is 2.53. The number of benzene rings is 2. The summed E-state index contributed by atoms with van der Waals surface area (Å²) in [6.07, 6.45) is 0. The number of hydrogen-bond acceptors (Lipinski definition) is 6. The highest BCUT2D eigenvalue weighted by Gasteiger charge is 2.18. The molecule has 8 heteroatoms. The number of carbonyl (C=O) groups is 1. The average Bonchev–Trinajstić information content (AvgIpc) is 3.15. The van der Waals surface area contributed by atoms with Gasteiger partial charge in [0.15, 0.2) is 11.5 Å². The van der Waals surface area contributed by atoms with E-state index >= 15 is 0 Å². The minimum Gasteiger partial charge on any atom is -0.493 e. The second-order valence-corrected chi connectivity index (χ2v) is 6.88. The van der Waals surface area contributed by atoms with Crippen LogP contribution in [0.3, 0.4) is 0 Å². The molecule has 1 amide bonds. The second-order valence-electron chi connectivity index (χ2n) is 5.72. The predicted molar refractivity (Wildman–Crippen MR) is 108 cm³/mol. The van der Waals surface area contributed by atoms with Gasteiger partial charge in [0, 0.05) is 16.2 Å². The number of aromatic nitrogens is 2. The van der Waals surface area contributed by atoms with E-state index < -0.39 is 0 Å². The Kier molecular flexibility index (Phi) is 5.94. The molecule has 0 radical (unpaired) electrons. The smallest absolute Gasteiger partial charge is 0.255 e. The molecule has 27 heavy (non-hydrogen) atoms. The highest BCUT2D eigenvalue weighted by atomic mass is 127. The van der Waals surface area contributed by atoms with Crippen LogP contribution in [-0.4, -0.2) is 42.2 Å². The van der Waals surface area contributed by atoms with E-state index in [4.69, 9.17) is 14.0 Å². The van der Waals surface area contributed by atoms with Gasteiger partial charge in [-0.1, -0.05) is 17.3 Å². The first-order valence-electron chi connectivity index (χ1n) is 8.08. The Morgan fingerprint density at radius 3 is 2.59 bits per heavy atom. The number of nitrogens with zero attached hydrogens (tertiary/aromatic N) is 3. The zero-order valence-electron chi connectivity index (χ0n) is 15.1. The van der Waals surface area contributed by atoms with Crippen LogP contribution in [-0.2, 0) is 6.54 Å². The van der Waals surface area contributed by atoms with Crippen molar-refractivity contribution in [2.24, 2.45) is 0 Å². The van der Waals surface area contributed by atoms with Crippen LogP contribution in [0.15, 0.2) is 47.0 Å². The van der Waals surface area contributed by atoms with E-state index in [1.165, 1.54) is 0 Å². The van der Waals surface area contributed by atoms with E-state index in [2.05, 4.69) is 32.7 Å². The van der Waals surface area contributed by atoms with Crippen molar-refractivity contribution in [2.75, 3.05) is 21.3 Å². The second kappa shape index (κ2) is 8.38. The van der Waals surface area contributed by atoms with Crippen molar-refractivity contribution < 1.29 is 18.8 Å². The van der Waals surface area contributed by atoms with Crippen molar-refractivity contribution in [3.8, 4) is 22.9 Å². The van der Waals surface area contributed by atoms with Crippen LogP contribution in [0.4, 0.5) is 0 Å². The van der Waals surface area contributed by atoms with Gasteiger partial charge in [-0.15, -0.1) is 0 Å². The lowest BCUT2D eigenvalue weighted by Crippen LogP contribution is -2.27.